The quantitative estimate of drug-likeness (QED) is 0.126. The number of hydrogen-bond donors (Lipinski definition) is 1. The fourth-order valence-corrected chi connectivity index (χ4v) is 8.48. The molecule has 298 valence electrons. The highest BCUT2D eigenvalue weighted by molar-refractivity contribution is 6.74. The average Bonchev–Trinajstić information content (AvgIpc) is 3.15. The van der Waals surface area contributed by atoms with Crippen LogP contribution in [0.1, 0.15) is 87.0 Å². The topological polar surface area (TPSA) is 126 Å². The van der Waals surface area contributed by atoms with Crippen LogP contribution in [-0.4, -0.2) is 64.1 Å². The zero-order chi connectivity index (χ0) is 40.3. The maximum absolute atomic E-state index is 13.9. The van der Waals surface area contributed by atoms with Crippen molar-refractivity contribution < 1.29 is 42.7 Å². The maximum Gasteiger partial charge on any atom is 0.342 e. The van der Waals surface area contributed by atoms with Crippen LogP contribution in [0.4, 0.5) is 0 Å². The van der Waals surface area contributed by atoms with Crippen LogP contribution in [0.15, 0.2) is 54.6 Å². The van der Waals surface area contributed by atoms with Crippen LogP contribution < -0.4 is 18.9 Å². The molecule has 0 aromatic heterocycles. The Morgan fingerprint density at radius 3 is 2.02 bits per heavy atom. The molecule has 0 amide bonds. The summed E-state index contributed by atoms with van der Waals surface area (Å²) in [7, 11) is 1.07. The molecule has 1 saturated heterocycles. The molecular formula is C44H59NO9Si. The number of rotatable bonds is 14. The van der Waals surface area contributed by atoms with Gasteiger partial charge in [0.15, 0.2) is 8.32 Å². The van der Waals surface area contributed by atoms with E-state index in [2.05, 4.69) is 53.8 Å². The Hall–Kier alpha value is -4.08. The number of nitrogens with zero attached hydrogens (tertiary/aromatic N) is 1. The molecule has 0 radical (unpaired) electrons. The van der Waals surface area contributed by atoms with Gasteiger partial charge in [0.25, 0.3) is 0 Å². The fourth-order valence-electron chi connectivity index (χ4n) is 7.02. The highest BCUT2D eigenvalue weighted by Crippen LogP contribution is 2.46. The number of benzene rings is 3. The second-order valence-electron chi connectivity index (χ2n) is 17.1. The minimum Gasteiger partial charge on any atom is -0.497 e. The molecular weight excluding hydrogens is 715 g/mol. The number of aliphatic hydroxyl groups is 1. The Kier molecular flexibility index (Phi) is 13.0. The molecule has 3 aromatic rings. The molecule has 2 aliphatic heterocycles. The second kappa shape index (κ2) is 17.0. The van der Waals surface area contributed by atoms with Gasteiger partial charge in [-0.05, 0) is 71.6 Å². The Labute approximate surface area is 328 Å². The van der Waals surface area contributed by atoms with Crippen molar-refractivity contribution in [2.75, 3.05) is 14.2 Å². The molecule has 2 aliphatic rings. The zero-order valence-electron chi connectivity index (χ0n) is 34.4. The smallest absolute Gasteiger partial charge is 0.342 e. The maximum atomic E-state index is 13.9. The van der Waals surface area contributed by atoms with Crippen molar-refractivity contribution in [1.82, 2.24) is 0 Å². The molecule has 1 N–H and O–H groups in total. The first-order chi connectivity index (χ1) is 25.9. The van der Waals surface area contributed by atoms with Crippen molar-refractivity contribution >= 4 is 14.3 Å². The molecule has 5 rings (SSSR count). The highest BCUT2D eigenvalue weighted by atomic mass is 28.4. The molecule has 0 bridgehead atoms. The number of esters is 1. The van der Waals surface area contributed by atoms with E-state index in [0.29, 0.717) is 36.5 Å². The van der Waals surface area contributed by atoms with Crippen molar-refractivity contribution in [2.24, 2.45) is 11.3 Å². The third-order valence-electron chi connectivity index (χ3n) is 12.1. The van der Waals surface area contributed by atoms with E-state index in [1.807, 2.05) is 62.4 Å². The van der Waals surface area contributed by atoms with Gasteiger partial charge in [0.1, 0.15) is 54.0 Å². The molecule has 3 aromatic carbocycles. The Morgan fingerprint density at radius 1 is 0.964 bits per heavy atom. The van der Waals surface area contributed by atoms with Gasteiger partial charge in [0.2, 0.25) is 0 Å². The summed E-state index contributed by atoms with van der Waals surface area (Å²) in [6.45, 7) is 19.6. The van der Waals surface area contributed by atoms with E-state index in [1.165, 1.54) is 0 Å². The predicted molar refractivity (Wildman–Crippen MR) is 213 cm³/mol. The number of ether oxygens (including phenoxy) is 6. The molecule has 6 atom stereocenters. The number of hydrogen-bond acceptors (Lipinski definition) is 10. The number of carbonyl (C=O) groups excluding carboxylic acids is 1. The van der Waals surface area contributed by atoms with Gasteiger partial charge in [-0.1, -0.05) is 65.8 Å². The summed E-state index contributed by atoms with van der Waals surface area (Å²) >= 11 is 0. The SMILES string of the molecule is COc1ccc(COc2cc(OCc3ccc(OC)cc3)c3c(c2C)C[C@H]([C@H](C)[C@@H](O)C[C@H]2O[C@H](C#N)C[C@@H](O[Si](C)(C)C(C)(C)C)C2(C)C)OC3=O)cc1. The zero-order valence-corrected chi connectivity index (χ0v) is 35.4. The summed E-state index contributed by atoms with van der Waals surface area (Å²) in [4.78, 5) is 13.9. The number of methoxy groups -OCH3 is 2. The third-order valence-corrected chi connectivity index (χ3v) is 16.5. The summed E-state index contributed by atoms with van der Waals surface area (Å²) in [6, 6.07) is 19.3. The number of cyclic esters (lactones) is 1. The molecule has 11 heteroatoms. The van der Waals surface area contributed by atoms with Gasteiger partial charge >= 0.3 is 5.97 Å². The first-order valence-corrected chi connectivity index (χ1v) is 22.1. The number of nitriles is 1. The van der Waals surface area contributed by atoms with Gasteiger partial charge in [-0.15, -0.1) is 0 Å². The lowest BCUT2D eigenvalue weighted by Gasteiger charge is -2.51. The predicted octanol–water partition coefficient (Wildman–Crippen LogP) is 8.74. The molecule has 0 spiro atoms. The molecule has 1 fully saturated rings. The van der Waals surface area contributed by atoms with Crippen LogP contribution in [0.3, 0.4) is 0 Å². The van der Waals surface area contributed by atoms with E-state index in [9.17, 15) is 15.2 Å². The van der Waals surface area contributed by atoms with Crippen molar-refractivity contribution in [2.45, 2.75) is 130 Å². The monoisotopic (exact) mass is 773 g/mol. The van der Waals surface area contributed by atoms with E-state index in [0.717, 1.165) is 33.8 Å². The van der Waals surface area contributed by atoms with Crippen LogP contribution in [-0.2, 0) is 33.5 Å². The molecule has 0 unspecified atom stereocenters. The van der Waals surface area contributed by atoms with Gasteiger partial charge < -0.3 is 38.0 Å². The molecule has 0 saturated carbocycles. The minimum atomic E-state index is -2.17. The van der Waals surface area contributed by atoms with E-state index >= 15 is 0 Å². The summed E-state index contributed by atoms with van der Waals surface area (Å²) in [6.07, 6.45) is -1.75. The average molecular weight is 774 g/mol. The van der Waals surface area contributed by atoms with Crippen LogP contribution >= 0.6 is 0 Å². The van der Waals surface area contributed by atoms with Crippen LogP contribution in [0.2, 0.25) is 18.1 Å². The largest absolute Gasteiger partial charge is 0.497 e. The van der Waals surface area contributed by atoms with Gasteiger partial charge in [-0.2, -0.15) is 5.26 Å². The van der Waals surface area contributed by atoms with Crippen LogP contribution in [0, 0.1) is 29.6 Å². The van der Waals surface area contributed by atoms with Crippen molar-refractivity contribution in [3.8, 4) is 29.1 Å². The van der Waals surface area contributed by atoms with E-state index in [-0.39, 0.29) is 24.2 Å². The first kappa shape index (κ1) is 42.1. The lowest BCUT2D eigenvalue weighted by Crippen LogP contribution is -2.57. The summed E-state index contributed by atoms with van der Waals surface area (Å²) in [5.74, 6) is 1.48. The minimum absolute atomic E-state index is 0.00645. The van der Waals surface area contributed by atoms with Crippen molar-refractivity contribution in [3.63, 3.8) is 0 Å². The van der Waals surface area contributed by atoms with E-state index < -0.39 is 50.0 Å². The lowest BCUT2D eigenvalue weighted by molar-refractivity contribution is -0.167. The Bertz CT molecular complexity index is 1830. The van der Waals surface area contributed by atoms with Gasteiger partial charge in [-0.25, -0.2) is 4.79 Å². The lowest BCUT2D eigenvalue weighted by atomic mass is 9.73. The molecule has 0 aliphatic carbocycles. The third kappa shape index (κ3) is 9.49. The first-order valence-electron chi connectivity index (χ1n) is 19.2. The summed E-state index contributed by atoms with van der Waals surface area (Å²) in [5.41, 5.74) is 3.30. The normalized spacial score (nSPS) is 22.1. The number of carbonyl (C=O) groups is 1. The van der Waals surface area contributed by atoms with Gasteiger partial charge in [0, 0.05) is 36.7 Å². The molecule has 10 nitrogen and oxygen atoms in total. The Balaban J connectivity index is 1.39. The standard InChI is InChI=1S/C44H59NO9Si/c1-27-34-21-37(28(2)35(46)22-39-44(6,7)40(20-33(24-45)52-39)54-55(10,11)43(3,4)5)53-42(47)41(34)38(51-26-30-14-18-32(49-9)19-15-30)23-36(27)50-25-29-12-16-31(48-8)17-13-29/h12-19,23,28,33,35,37,39-40,46H,20-22,25-26H2,1-11H3/t28-,33+,35+,37-,39-,40-/m1/s1. The second-order valence-corrected chi connectivity index (χ2v) is 21.9. The highest BCUT2D eigenvalue weighted by Gasteiger charge is 2.51. The number of aliphatic hydroxyl groups excluding tert-OH is 1. The summed E-state index contributed by atoms with van der Waals surface area (Å²) in [5, 5.41) is 21.8. The fraction of sp³-hybridized carbons (Fsp3) is 0.545. The van der Waals surface area contributed by atoms with E-state index in [1.54, 1.807) is 20.3 Å². The molecule has 2 heterocycles. The van der Waals surface area contributed by atoms with Crippen molar-refractivity contribution in [1.29, 1.82) is 5.26 Å². The number of fused-ring (bicyclic) bond motifs is 1. The van der Waals surface area contributed by atoms with Gasteiger partial charge in [-0.3, -0.25) is 0 Å². The Morgan fingerprint density at radius 2 is 1.51 bits per heavy atom. The van der Waals surface area contributed by atoms with Crippen molar-refractivity contribution in [3.05, 3.63) is 82.4 Å². The van der Waals surface area contributed by atoms with Gasteiger partial charge in [0.05, 0.1) is 38.6 Å². The molecule has 55 heavy (non-hydrogen) atoms. The van der Waals surface area contributed by atoms with E-state index in [4.69, 9.17) is 32.8 Å². The van der Waals surface area contributed by atoms with Crippen LogP contribution in [0.25, 0.3) is 0 Å². The summed E-state index contributed by atoms with van der Waals surface area (Å²) < 4.78 is 42.7. The van der Waals surface area contributed by atoms with Crippen LogP contribution in [0.5, 0.6) is 23.0 Å².